The van der Waals surface area contributed by atoms with Gasteiger partial charge in [-0.15, -0.1) is 0 Å². The molecule has 0 aliphatic heterocycles. The zero-order valence-corrected chi connectivity index (χ0v) is 12.1. The molecule has 0 radical (unpaired) electrons. The van der Waals surface area contributed by atoms with E-state index in [1.54, 1.807) is 0 Å². The molecule has 0 aromatic heterocycles. The Balaban J connectivity index is 2.39. The minimum atomic E-state index is 0.789. The summed E-state index contributed by atoms with van der Waals surface area (Å²) in [5.41, 5.74) is 5.91. The van der Waals surface area contributed by atoms with Crippen molar-refractivity contribution < 1.29 is 0 Å². The van der Waals surface area contributed by atoms with Gasteiger partial charge in [0.05, 0.1) is 0 Å². The van der Waals surface area contributed by atoms with Crippen molar-refractivity contribution in [3.63, 3.8) is 0 Å². The molecule has 0 heterocycles. The number of hydrogen-bond donors (Lipinski definition) is 1. The van der Waals surface area contributed by atoms with E-state index in [2.05, 4.69) is 32.5 Å². The monoisotopic (exact) mass is 243 g/mol. The first-order valence-electron chi connectivity index (χ1n) is 7.02. The highest BCUT2D eigenvalue weighted by Crippen LogP contribution is 2.38. The predicted molar refractivity (Wildman–Crippen MR) is 75.9 cm³/mol. The van der Waals surface area contributed by atoms with Gasteiger partial charge in [0.25, 0.3) is 0 Å². The Bertz CT molecular complexity index is 184. The number of hydrogen-bond acceptors (Lipinski definition) is 2. The molecule has 0 bridgehead atoms. The van der Waals surface area contributed by atoms with Crippen LogP contribution >= 0.6 is 11.8 Å². The molecule has 0 aromatic rings. The highest BCUT2D eigenvalue weighted by molar-refractivity contribution is 7.99. The Morgan fingerprint density at radius 1 is 1.31 bits per heavy atom. The molecule has 4 unspecified atom stereocenters. The second-order valence-electron chi connectivity index (χ2n) is 5.47. The van der Waals surface area contributed by atoms with Gasteiger partial charge in [0.1, 0.15) is 0 Å². The van der Waals surface area contributed by atoms with Gasteiger partial charge >= 0.3 is 0 Å². The molecule has 0 amide bonds. The lowest BCUT2D eigenvalue weighted by atomic mass is 9.80. The third kappa shape index (κ3) is 4.29. The van der Waals surface area contributed by atoms with Crippen LogP contribution in [0.5, 0.6) is 0 Å². The van der Waals surface area contributed by atoms with E-state index in [1.807, 2.05) is 0 Å². The summed E-state index contributed by atoms with van der Waals surface area (Å²) >= 11 is 2.20. The molecule has 1 fully saturated rings. The van der Waals surface area contributed by atoms with Crippen molar-refractivity contribution in [2.24, 2.45) is 23.5 Å². The third-order valence-corrected chi connectivity index (χ3v) is 5.98. The van der Waals surface area contributed by atoms with Crippen LogP contribution in [-0.4, -0.2) is 17.5 Å². The van der Waals surface area contributed by atoms with E-state index >= 15 is 0 Å². The lowest BCUT2D eigenvalue weighted by Gasteiger charge is -2.35. The number of nitrogens with two attached hydrogens (primary N) is 1. The average molecular weight is 243 g/mol. The van der Waals surface area contributed by atoms with E-state index < -0.39 is 0 Å². The Morgan fingerprint density at radius 3 is 2.62 bits per heavy atom. The molecular formula is C14H29NS. The van der Waals surface area contributed by atoms with Crippen LogP contribution in [0.4, 0.5) is 0 Å². The maximum absolute atomic E-state index is 5.91. The van der Waals surface area contributed by atoms with Crippen LogP contribution in [0.3, 0.4) is 0 Å². The average Bonchev–Trinajstić information content (AvgIpc) is 2.35. The lowest BCUT2D eigenvalue weighted by molar-refractivity contribution is 0.283. The van der Waals surface area contributed by atoms with Crippen LogP contribution in [0, 0.1) is 17.8 Å². The van der Waals surface area contributed by atoms with Gasteiger partial charge < -0.3 is 5.73 Å². The summed E-state index contributed by atoms with van der Waals surface area (Å²) in [5.74, 6) is 3.95. The minimum absolute atomic E-state index is 0.789. The quantitative estimate of drug-likeness (QED) is 0.765. The SMILES string of the molecule is CCC(C)CSC1CC(CC)CCC1CN. The summed E-state index contributed by atoms with van der Waals surface area (Å²) in [6, 6.07) is 0. The van der Waals surface area contributed by atoms with Gasteiger partial charge in [-0.1, -0.05) is 40.0 Å². The molecule has 1 aliphatic rings. The van der Waals surface area contributed by atoms with Crippen molar-refractivity contribution in [1.29, 1.82) is 0 Å². The second kappa shape index (κ2) is 7.60. The normalized spacial score (nSPS) is 32.6. The van der Waals surface area contributed by atoms with Gasteiger partial charge in [0, 0.05) is 5.25 Å². The van der Waals surface area contributed by atoms with Crippen LogP contribution in [0.2, 0.25) is 0 Å². The highest BCUT2D eigenvalue weighted by atomic mass is 32.2. The summed E-state index contributed by atoms with van der Waals surface area (Å²) in [7, 11) is 0. The summed E-state index contributed by atoms with van der Waals surface area (Å²) < 4.78 is 0. The predicted octanol–water partition coefficient (Wildman–Crippen LogP) is 3.92. The third-order valence-electron chi connectivity index (χ3n) is 4.21. The van der Waals surface area contributed by atoms with E-state index in [9.17, 15) is 0 Å². The fourth-order valence-corrected chi connectivity index (χ4v) is 4.26. The Hall–Kier alpha value is 0.310. The van der Waals surface area contributed by atoms with Crippen LogP contribution in [0.25, 0.3) is 0 Å². The lowest BCUT2D eigenvalue weighted by Crippen LogP contribution is -2.32. The van der Waals surface area contributed by atoms with Crippen molar-refractivity contribution in [3.05, 3.63) is 0 Å². The van der Waals surface area contributed by atoms with E-state index in [1.165, 1.54) is 37.9 Å². The molecule has 2 N–H and O–H groups in total. The molecule has 1 rings (SSSR count). The first-order valence-corrected chi connectivity index (χ1v) is 8.07. The molecule has 1 aliphatic carbocycles. The van der Waals surface area contributed by atoms with Crippen molar-refractivity contribution >= 4 is 11.8 Å². The largest absolute Gasteiger partial charge is 0.330 e. The van der Waals surface area contributed by atoms with Gasteiger partial charge in [0.2, 0.25) is 0 Å². The van der Waals surface area contributed by atoms with Gasteiger partial charge in [-0.25, -0.2) is 0 Å². The molecule has 4 atom stereocenters. The molecule has 2 heteroatoms. The highest BCUT2D eigenvalue weighted by Gasteiger charge is 2.29. The fourth-order valence-electron chi connectivity index (χ4n) is 2.52. The van der Waals surface area contributed by atoms with Crippen molar-refractivity contribution in [3.8, 4) is 0 Å². The Morgan fingerprint density at radius 2 is 2.06 bits per heavy atom. The van der Waals surface area contributed by atoms with E-state index in [4.69, 9.17) is 5.73 Å². The van der Waals surface area contributed by atoms with Crippen LogP contribution < -0.4 is 5.73 Å². The molecule has 1 saturated carbocycles. The zero-order chi connectivity index (χ0) is 12.0. The molecule has 0 spiro atoms. The maximum Gasteiger partial charge on any atom is 0.00900 e. The molecule has 1 nitrogen and oxygen atoms in total. The van der Waals surface area contributed by atoms with Crippen LogP contribution in [0.15, 0.2) is 0 Å². The Kier molecular flexibility index (Phi) is 6.83. The zero-order valence-electron chi connectivity index (χ0n) is 11.2. The van der Waals surface area contributed by atoms with Gasteiger partial charge in [-0.3, -0.25) is 0 Å². The minimum Gasteiger partial charge on any atom is -0.330 e. The summed E-state index contributed by atoms with van der Waals surface area (Å²) in [4.78, 5) is 0. The fraction of sp³-hybridized carbons (Fsp3) is 1.00. The van der Waals surface area contributed by atoms with Gasteiger partial charge in [-0.2, -0.15) is 11.8 Å². The van der Waals surface area contributed by atoms with Crippen LogP contribution in [-0.2, 0) is 0 Å². The summed E-state index contributed by atoms with van der Waals surface area (Å²) in [5, 5.41) is 0.845. The first-order chi connectivity index (χ1) is 7.71. The molecule has 16 heavy (non-hydrogen) atoms. The number of thioether (sulfide) groups is 1. The maximum atomic E-state index is 5.91. The smallest absolute Gasteiger partial charge is 0.00900 e. The van der Waals surface area contributed by atoms with Gasteiger partial charge in [0.15, 0.2) is 0 Å². The number of rotatable bonds is 6. The van der Waals surface area contributed by atoms with Crippen molar-refractivity contribution in [2.75, 3.05) is 12.3 Å². The van der Waals surface area contributed by atoms with Gasteiger partial charge in [-0.05, 0) is 42.9 Å². The standard InChI is InChI=1S/C14H29NS/c1-4-11(3)10-16-14-8-12(5-2)6-7-13(14)9-15/h11-14H,4-10,15H2,1-3H3. The molecule has 0 saturated heterocycles. The second-order valence-corrected chi connectivity index (χ2v) is 6.74. The first kappa shape index (κ1) is 14.4. The molecule has 0 aromatic carbocycles. The topological polar surface area (TPSA) is 26.0 Å². The van der Waals surface area contributed by atoms with E-state index in [0.29, 0.717) is 0 Å². The molecular weight excluding hydrogens is 214 g/mol. The van der Waals surface area contributed by atoms with Crippen LogP contribution in [0.1, 0.15) is 52.9 Å². The summed E-state index contributed by atoms with van der Waals surface area (Å²) in [6.45, 7) is 7.89. The van der Waals surface area contributed by atoms with Crippen molar-refractivity contribution in [1.82, 2.24) is 0 Å². The van der Waals surface area contributed by atoms with E-state index in [-0.39, 0.29) is 0 Å². The molecule has 96 valence electrons. The Labute approximate surface area is 106 Å². The van der Waals surface area contributed by atoms with E-state index in [0.717, 1.165) is 29.5 Å². The summed E-state index contributed by atoms with van der Waals surface area (Å²) in [6.07, 6.45) is 6.87. The van der Waals surface area contributed by atoms with Crippen molar-refractivity contribution in [2.45, 2.75) is 58.1 Å².